The predicted octanol–water partition coefficient (Wildman–Crippen LogP) is 5.57. The van der Waals surface area contributed by atoms with Gasteiger partial charge < -0.3 is 10.6 Å². The molecule has 10 nitrogen and oxygen atoms in total. The van der Waals surface area contributed by atoms with Gasteiger partial charge in [0.25, 0.3) is 5.91 Å². The van der Waals surface area contributed by atoms with E-state index in [4.69, 9.17) is 0 Å². The first kappa shape index (κ1) is 32.6. The first-order valence-electron chi connectivity index (χ1n) is 14.7. The molecule has 17 heteroatoms. The molecule has 0 spiro atoms. The second kappa shape index (κ2) is 12.5. The van der Waals surface area contributed by atoms with Crippen LogP contribution in [0.25, 0.3) is 5.65 Å². The third kappa shape index (κ3) is 8.69. The van der Waals surface area contributed by atoms with Crippen LogP contribution in [0.1, 0.15) is 98.7 Å². The highest BCUT2D eigenvalue weighted by atomic mass is 19.4. The van der Waals surface area contributed by atoms with Crippen LogP contribution in [0.15, 0.2) is 24.8 Å². The molecule has 246 valence electrons. The van der Waals surface area contributed by atoms with E-state index >= 15 is 0 Å². The van der Waals surface area contributed by atoms with E-state index in [2.05, 4.69) is 30.8 Å². The van der Waals surface area contributed by atoms with Crippen LogP contribution < -0.4 is 10.6 Å². The van der Waals surface area contributed by atoms with Crippen LogP contribution in [0.3, 0.4) is 0 Å². The number of fused-ring (bicyclic) bond motifs is 1. The zero-order valence-electron chi connectivity index (χ0n) is 24.3. The van der Waals surface area contributed by atoms with Crippen LogP contribution in [0.5, 0.6) is 0 Å². The summed E-state index contributed by atoms with van der Waals surface area (Å²) in [5, 5.41) is 13.7. The highest BCUT2D eigenvalue weighted by Gasteiger charge is 2.40. The number of halogens is 7. The van der Waals surface area contributed by atoms with Gasteiger partial charge >= 0.3 is 6.18 Å². The van der Waals surface area contributed by atoms with Gasteiger partial charge in [-0.3, -0.25) is 9.59 Å². The number of imidazole rings is 1. The fourth-order valence-electron chi connectivity index (χ4n) is 5.57. The number of amides is 2. The van der Waals surface area contributed by atoms with E-state index in [9.17, 15) is 40.3 Å². The van der Waals surface area contributed by atoms with Crippen molar-refractivity contribution < 1.29 is 40.3 Å². The highest BCUT2D eigenvalue weighted by molar-refractivity contribution is 5.90. The van der Waals surface area contributed by atoms with E-state index in [1.165, 1.54) is 16.9 Å². The van der Waals surface area contributed by atoms with Gasteiger partial charge in [0.2, 0.25) is 23.6 Å². The molecule has 2 atom stereocenters. The molecule has 0 radical (unpaired) electrons. The van der Waals surface area contributed by atoms with Crippen molar-refractivity contribution in [3.05, 3.63) is 41.9 Å². The Hall–Kier alpha value is -3.79. The summed E-state index contributed by atoms with van der Waals surface area (Å²) >= 11 is 0. The molecular formula is C28H33F7N8O2. The van der Waals surface area contributed by atoms with Crippen LogP contribution in [0.4, 0.5) is 30.7 Å². The van der Waals surface area contributed by atoms with E-state index in [1.54, 1.807) is 6.07 Å². The summed E-state index contributed by atoms with van der Waals surface area (Å²) in [6.07, 6.45) is -1.98. The summed E-state index contributed by atoms with van der Waals surface area (Å²) in [6, 6.07) is 0.207. The lowest BCUT2D eigenvalue weighted by Gasteiger charge is -2.33. The average molecular weight is 647 g/mol. The Bertz CT molecular complexity index is 1500. The molecular weight excluding hydrogens is 613 g/mol. The number of aromatic nitrogens is 6. The quantitative estimate of drug-likeness (QED) is 0.249. The Morgan fingerprint density at radius 2 is 1.69 bits per heavy atom. The van der Waals surface area contributed by atoms with Gasteiger partial charge in [0.1, 0.15) is 6.33 Å². The number of carbonyl (C=O) groups is 2. The van der Waals surface area contributed by atoms with Gasteiger partial charge in [0.15, 0.2) is 5.65 Å². The van der Waals surface area contributed by atoms with E-state index < -0.39 is 79.9 Å². The fourth-order valence-corrected chi connectivity index (χ4v) is 5.57. The molecule has 0 aromatic carbocycles. The Morgan fingerprint density at radius 3 is 2.33 bits per heavy atom. The molecule has 3 aromatic rings. The number of aryl methyl sites for hydroxylation is 1. The predicted molar refractivity (Wildman–Crippen MR) is 144 cm³/mol. The molecule has 0 saturated heterocycles. The first-order valence-corrected chi connectivity index (χ1v) is 14.7. The number of hydrogen-bond donors (Lipinski definition) is 2. The third-order valence-electron chi connectivity index (χ3n) is 8.18. The van der Waals surface area contributed by atoms with Crippen molar-refractivity contribution >= 4 is 17.5 Å². The topological polar surface area (TPSA) is 119 Å². The summed E-state index contributed by atoms with van der Waals surface area (Å²) in [7, 11) is 0. The maximum Gasteiger partial charge on any atom is 0.389 e. The second-order valence-electron chi connectivity index (χ2n) is 12.0. The van der Waals surface area contributed by atoms with Crippen molar-refractivity contribution in [3.8, 4) is 0 Å². The average Bonchev–Trinajstić information content (AvgIpc) is 3.52. The van der Waals surface area contributed by atoms with Gasteiger partial charge in [-0.1, -0.05) is 0 Å². The van der Waals surface area contributed by atoms with E-state index in [0.29, 0.717) is 16.9 Å². The van der Waals surface area contributed by atoms with E-state index in [0.717, 1.165) is 30.8 Å². The molecule has 2 aliphatic carbocycles. The lowest BCUT2D eigenvalue weighted by atomic mass is 9.81. The number of hydrogen-bond acceptors (Lipinski definition) is 6. The Morgan fingerprint density at radius 1 is 1.00 bits per heavy atom. The second-order valence-corrected chi connectivity index (χ2v) is 12.0. The van der Waals surface area contributed by atoms with Gasteiger partial charge in [0.05, 0.1) is 36.6 Å². The minimum absolute atomic E-state index is 0.0273. The van der Waals surface area contributed by atoms with Gasteiger partial charge in [-0.2, -0.15) is 23.4 Å². The number of carbonyl (C=O) groups excluding carboxylic acids is 2. The number of alkyl halides is 7. The summed E-state index contributed by atoms with van der Waals surface area (Å²) in [5.74, 6) is -7.95. The lowest BCUT2D eigenvalue weighted by molar-refractivity contribution is -0.144. The molecule has 2 saturated carbocycles. The molecule has 2 N–H and O–H groups in total. The van der Waals surface area contributed by atoms with Crippen LogP contribution in [0, 0.1) is 11.8 Å². The molecule has 2 fully saturated rings. The molecule has 5 rings (SSSR count). The van der Waals surface area contributed by atoms with Gasteiger partial charge in [-0.25, -0.2) is 36.7 Å². The first-order chi connectivity index (χ1) is 21.1. The lowest BCUT2D eigenvalue weighted by Crippen LogP contribution is -2.38. The molecule has 1 unspecified atom stereocenters. The van der Waals surface area contributed by atoms with Crippen molar-refractivity contribution in [1.82, 2.24) is 40.0 Å². The SMILES string of the molecule is CC(F)(F)CCn1ncnc1C(=O)N[C@H](c1cn2ncc(C(NC(=O)CCC(F)(F)F)C3CC3)cc2n1)C1CCC(F)(F)CC1. The molecule has 3 aromatic heterocycles. The van der Waals surface area contributed by atoms with E-state index in [-0.39, 0.29) is 31.1 Å². The molecule has 2 aliphatic rings. The third-order valence-corrected chi connectivity index (χ3v) is 8.18. The Balaban J connectivity index is 1.39. The standard InChI is InChI=1S/C28H33F7N8O2/c1-26(29,30)10-11-42-24(36-15-38-42)25(45)41-23(17-4-7-27(31,32)8-5-17)19-14-43-20(39-19)12-18(13-37-43)22(16-2-3-16)40-21(44)6-9-28(33,34)35/h12-17,22-23H,2-11H2,1H3,(H,40,44)(H,41,45)/t22?,23-/m0/s1. The monoisotopic (exact) mass is 646 g/mol. The van der Waals surface area contributed by atoms with Gasteiger partial charge in [0, 0.05) is 32.2 Å². The van der Waals surface area contributed by atoms with Crippen molar-refractivity contribution in [3.63, 3.8) is 0 Å². The van der Waals surface area contributed by atoms with Crippen LogP contribution in [-0.4, -0.2) is 59.2 Å². The summed E-state index contributed by atoms with van der Waals surface area (Å²) in [6.45, 7) is 0.471. The maximum atomic E-state index is 14.0. The van der Waals surface area contributed by atoms with Gasteiger partial charge in [-0.05, 0) is 56.1 Å². The Labute approximate surface area is 253 Å². The van der Waals surface area contributed by atoms with Crippen molar-refractivity contribution in [2.75, 3.05) is 0 Å². The van der Waals surface area contributed by atoms with E-state index in [1.807, 2.05) is 0 Å². The molecule has 2 amide bonds. The number of nitrogens with zero attached hydrogens (tertiary/aromatic N) is 6. The summed E-state index contributed by atoms with van der Waals surface area (Å²) in [5.41, 5.74) is 1.17. The fraction of sp³-hybridized carbons (Fsp3) is 0.643. The molecule has 3 heterocycles. The minimum Gasteiger partial charge on any atom is -0.349 e. The molecule has 45 heavy (non-hydrogen) atoms. The van der Waals surface area contributed by atoms with Crippen molar-refractivity contribution in [2.24, 2.45) is 11.8 Å². The normalized spacial score (nSPS) is 18.9. The number of rotatable bonds is 12. The zero-order valence-corrected chi connectivity index (χ0v) is 24.3. The smallest absolute Gasteiger partial charge is 0.349 e. The molecule has 0 aliphatic heterocycles. The summed E-state index contributed by atoms with van der Waals surface area (Å²) < 4.78 is 95.3. The summed E-state index contributed by atoms with van der Waals surface area (Å²) in [4.78, 5) is 34.2. The van der Waals surface area contributed by atoms with Crippen LogP contribution in [0.2, 0.25) is 0 Å². The maximum absolute atomic E-state index is 14.0. The largest absolute Gasteiger partial charge is 0.389 e. The van der Waals surface area contributed by atoms with Crippen molar-refractivity contribution in [2.45, 2.75) is 101 Å². The van der Waals surface area contributed by atoms with Gasteiger partial charge in [-0.15, -0.1) is 0 Å². The highest BCUT2D eigenvalue weighted by Crippen LogP contribution is 2.43. The van der Waals surface area contributed by atoms with Crippen LogP contribution >= 0.6 is 0 Å². The molecule has 0 bridgehead atoms. The Kier molecular flexibility index (Phi) is 9.08. The van der Waals surface area contributed by atoms with Crippen LogP contribution in [-0.2, 0) is 11.3 Å². The number of nitrogens with one attached hydrogen (secondary N) is 2. The minimum atomic E-state index is -4.46. The van der Waals surface area contributed by atoms with Crippen molar-refractivity contribution in [1.29, 1.82) is 0 Å². The zero-order chi connectivity index (χ0) is 32.6.